The molecular formula is C36H53NO5. The highest BCUT2D eigenvalue weighted by atomic mass is 16.7. The number of hydroxylamine groups is 2. The minimum absolute atomic E-state index is 0.0480. The Morgan fingerprint density at radius 2 is 1.67 bits per heavy atom. The molecule has 5 aliphatic carbocycles. The molecule has 0 aromatic rings. The van der Waals surface area contributed by atoms with E-state index in [4.69, 9.17) is 16.0 Å². The lowest BCUT2D eigenvalue weighted by Crippen LogP contribution is -2.66. The molecule has 0 aromatic carbocycles. The van der Waals surface area contributed by atoms with Crippen LogP contribution in [0.4, 0.5) is 0 Å². The van der Waals surface area contributed by atoms with Crippen LogP contribution in [0.2, 0.25) is 0 Å². The summed E-state index contributed by atoms with van der Waals surface area (Å²) in [5.41, 5.74) is -0.00579. The first kappa shape index (κ1) is 31.3. The molecule has 0 aromatic heterocycles. The van der Waals surface area contributed by atoms with Gasteiger partial charge in [0.25, 0.3) is 5.91 Å². The number of allylic oxidation sites excluding steroid dienone is 2. The molecule has 5 aliphatic rings. The third-order valence-corrected chi connectivity index (χ3v) is 13.9. The van der Waals surface area contributed by atoms with Crippen molar-refractivity contribution in [2.75, 3.05) is 6.61 Å². The number of ketones is 1. The van der Waals surface area contributed by atoms with Crippen molar-refractivity contribution >= 4 is 17.7 Å². The predicted molar refractivity (Wildman–Crippen MR) is 162 cm³/mol. The number of hydrogen-bond donors (Lipinski definition) is 0. The van der Waals surface area contributed by atoms with Gasteiger partial charge >= 0.3 is 5.97 Å². The van der Waals surface area contributed by atoms with Crippen LogP contribution in [0.15, 0.2) is 11.6 Å². The molecule has 0 aliphatic heterocycles. The lowest BCUT2D eigenvalue weighted by atomic mass is 9.33. The van der Waals surface area contributed by atoms with Crippen molar-refractivity contribution in [1.29, 1.82) is 0 Å². The van der Waals surface area contributed by atoms with Gasteiger partial charge in [-0.3, -0.25) is 19.2 Å². The van der Waals surface area contributed by atoms with Gasteiger partial charge in [-0.25, -0.2) is 0 Å². The summed E-state index contributed by atoms with van der Waals surface area (Å²) in [6.07, 6.45) is 15.8. The van der Waals surface area contributed by atoms with Crippen LogP contribution in [-0.2, 0) is 24.0 Å². The molecule has 0 N–H and O–H groups in total. The summed E-state index contributed by atoms with van der Waals surface area (Å²) in [5.74, 6) is 0.256. The van der Waals surface area contributed by atoms with Gasteiger partial charge in [-0.2, -0.15) is 0 Å². The molecule has 0 radical (unpaired) electrons. The summed E-state index contributed by atoms with van der Waals surface area (Å²) in [6, 6.07) is 2.44. The first-order valence-electron chi connectivity index (χ1n) is 16.3. The van der Waals surface area contributed by atoms with E-state index in [9.17, 15) is 14.4 Å². The predicted octanol–water partition coefficient (Wildman–Crippen LogP) is 7.27. The van der Waals surface area contributed by atoms with Gasteiger partial charge in [0.2, 0.25) is 0 Å². The first-order chi connectivity index (χ1) is 19.4. The molecule has 6 heteroatoms. The van der Waals surface area contributed by atoms with Crippen molar-refractivity contribution in [2.45, 2.75) is 126 Å². The molecule has 0 spiro atoms. The van der Waals surface area contributed by atoms with E-state index in [0.717, 1.165) is 56.4 Å². The van der Waals surface area contributed by atoms with Gasteiger partial charge in [-0.1, -0.05) is 60.5 Å². The minimum Gasteiger partial charge on any atom is -0.462 e. The summed E-state index contributed by atoms with van der Waals surface area (Å²) in [6.45, 7) is 19.8. The Bertz CT molecular complexity index is 1250. The summed E-state index contributed by atoms with van der Waals surface area (Å²) in [5, 5.41) is 1.10. The number of terminal acetylenes is 1. The highest BCUT2D eigenvalue weighted by Gasteiger charge is 2.70. The van der Waals surface area contributed by atoms with Crippen molar-refractivity contribution in [3.8, 4) is 12.5 Å². The molecule has 6 nitrogen and oxygen atoms in total. The number of nitrogens with zero attached hydrogens (tertiary/aromatic N) is 1. The smallest absolute Gasteiger partial charge is 0.302 e. The lowest BCUT2D eigenvalue weighted by Gasteiger charge is -2.70. The fraction of sp³-hybridized carbons (Fsp3) is 0.806. The number of rotatable bonds is 4. The van der Waals surface area contributed by atoms with Gasteiger partial charge in [0.05, 0.1) is 12.0 Å². The van der Waals surface area contributed by atoms with Crippen LogP contribution in [-0.4, -0.2) is 35.4 Å². The maximum atomic E-state index is 14.6. The maximum Gasteiger partial charge on any atom is 0.302 e. The van der Waals surface area contributed by atoms with E-state index >= 15 is 0 Å². The van der Waals surface area contributed by atoms with Crippen molar-refractivity contribution in [3.05, 3.63) is 11.6 Å². The summed E-state index contributed by atoms with van der Waals surface area (Å²) in [7, 11) is 0. The lowest BCUT2D eigenvalue weighted by molar-refractivity contribution is -0.210. The van der Waals surface area contributed by atoms with E-state index in [1.807, 2.05) is 19.9 Å². The minimum atomic E-state index is -0.644. The van der Waals surface area contributed by atoms with Crippen LogP contribution in [0.5, 0.6) is 0 Å². The third-order valence-electron chi connectivity index (χ3n) is 13.9. The Hall–Kier alpha value is -2.13. The fourth-order valence-electron chi connectivity index (χ4n) is 11.3. The molecular weight excluding hydrogens is 526 g/mol. The van der Waals surface area contributed by atoms with Crippen molar-refractivity contribution in [1.82, 2.24) is 5.06 Å². The van der Waals surface area contributed by atoms with Gasteiger partial charge in [0.1, 0.15) is 6.10 Å². The van der Waals surface area contributed by atoms with Crippen LogP contribution in [0, 0.1) is 62.7 Å². The van der Waals surface area contributed by atoms with Crippen LogP contribution < -0.4 is 0 Å². The van der Waals surface area contributed by atoms with E-state index in [2.05, 4.69) is 47.6 Å². The van der Waals surface area contributed by atoms with Gasteiger partial charge in [-0.05, 0) is 104 Å². The Labute approximate surface area is 253 Å². The highest BCUT2D eigenvalue weighted by molar-refractivity contribution is 5.95. The molecule has 232 valence electrons. The standard InChI is InChI=1S/C36H53NO5/c1-11-37(41-12-2)30(40)33(7)18-17-32(6)19-20-35(9)24(25(32)22-33)21-26(39)29-34(8)15-14-28(42-23(3)38)31(4,5)27(34)13-16-36(29,35)10/h1,21,25,27-29H,12-20,22H2,2-10H3/t25-,27?,28-,29+,32+,33-,34-,35+,36+/m0/s1. The van der Waals surface area contributed by atoms with E-state index in [1.54, 1.807) is 0 Å². The monoisotopic (exact) mass is 579 g/mol. The van der Waals surface area contributed by atoms with Crippen molar-refractivity contribution < 1.29 is 24.0 Å². The second-order valence-electron chi connectivity index (χ2n) is 16.4. The van der Waals surface area contributed by atoms with E-state index in [0.29, 0.717) is 18.9 Å². The van der Waals surface area contributed by atoms with E-state index in [-0.39, 0.29) is 62.7 Å². The number of hydrogen-bond acceptors (Lipinski definition) is 5. The first-order valence-corrected chi connectivity index (χ1v) is 16.3. The summed E-state index contributed by atoms with van der Waals surface area (Å²) >= 11 is 0. The largest absolute Gasteiger partial charge is 0.462 e. The Morgan fingerprint density at radius 3 is 2.29 bits per heavy atom. The average Bonchev–Trinajstić information content (AvgIpc) is 2.90. The zero-order valence-corrected chi connectivity index (χ0v) is 27.5. The average molecular weight is 580 g/mol. The van der Waals surface area contributed by atoms with Crippen molar-refractivity contribution in [3.63, 3.8) is 0 Å². The molecule has 42 heavy (non-hydrogen) atoms. The zero-order chi connectivity index (χ0) is 31.1. The number of carbonyl (C=O) groups is 3. The van der Waals surface area contributed by atoms with E-state index < -0.39 is 5.41 Å². The SMILES string of the molecule is C#CN(OCC)C(=O)[C@@]1(C)CC[C@]2(C)CC[C@]3(C)C(=CC(=O)[C@@H]4[C@@]5(C)CC[C@H](OC(C)=O)C(C)(C)C5CC[C@]43C)[C@@H]2C1. The zero-order valence-electron chi connectivity index (χ0n) is 27.5. The molecule has 1 unspecified atom stereocenters. The normalized spacial score (nSPS) is 45.6. The van der Waals surface area contributed by atoms with Crippen LogP contribution in [0.25, 0.3) is 0 Å². The maximum absolute atomic E-state index is 14.6. The topological polar surface area (TPSA) is 72.9 Å². The molecule has 1 amide bonds. The molecule has 0 saturated heterocycles. The Kier molecular flexibility index (Phi) is 7.41. The molecule has 4 saturated carbocycles. The number of amides is 1. The van der Waals surface area contributed by atoms with Gasteiger partial charge < -0.3 is 4.74 Å². The highest BCUT2D eigenvalue weighted by Crippen LogP contribution is 2.75. The number of fused-ring (bicyclic) bond motifs is 7. The molecule has 0 heterocycles. The van der Waals surface area contributed by atoms with Crippen LogP contribution >= 0.6 is 0 Å². The fourth-order valence-corrected chi connectivity index (χ4v) is 11.3. The Morgan fingerprint density at radius 1 is 1.00 bits per heavy atom. The molecule has 4 fully saturated rings. The summed E-state index contributed by atoms with van der Waals surface area (Å²) in [4.78, 5) is 45.8. The van der Waals surface area contributed by atoms with Gasteiger partial charge in [-0.15, -0.1) is 5.06 Å². The second kappa shape index (κ2) is 9.94. The second-order valence-corrected chi connectivity index (χ2v) is 16.4. The van der Waals surface area contributed by atoms with Crippen LogP contribution in [0.3, 0.4) is 0 Å². The number of ether oxygens (including phenoxy) is 1. The van der Waals surface area contributed by atoms with Crippen molar-refractivity contribution in [2.24, 2.45) is 50.2 Å². The quantitative estimate of drug-likeness (QED) is 0.152. The van der Waals surface area contributed by atoms with Crippen LogP contribution in [0.1, 0.15) is 120 Å². The number of esters is 1. The van der Waals surface area contributed by atoms with Gasteiger partial charge in [0.15, 0.2) is 5.78 Å². The molecule has 5 rings (SSSR count). The molecule has 9 atom stereocenters. The van der Waals surface area contributed by atoms with Gasteiger partial charge in [0, 0.05) is 24.3 Å². The third kappa shape index (κ3) is 4.19. The number of carbonyl (C=O) groups excluding carboxylic acids is 3. The Balaban J connectivity index is 1.54. The molecule has 0 bridgehead atoms. The summed E-state index contributed by atoms with van der Waals surface area (Å²) < 4.78 is 5.86. The van der Waals surface area contributed by atoms with E-state index in [1.165, 1.54) is 12.5 Å².